The molecule has 0 aromatic carbocycles. The molecule has 3 heteroatoms. The Morgan fingerprint density at radius 1 is 1.60 bits per heavy atom. The van der Waals surface area contributed by atoms with Crippen molar-refractivity contribution in [2.45, 2.75) is 6.92 Å². The van der Waals surface area contributed by atoms with Crippen molar-refractivity contribution in [3.8, 4) is 0 Å². The van der Waals surface area contributed by atoms with Crippen LogP contribution in [0.1, 0.15) is 6.92 Å². The number of rotatable bonds is 5. The van der Waals surface area contributed by atoms with Crippen LogP contribution in [0, 0.1) is 0 Å². The van der Waals surface area contributed by atoms with E-state index in [4.69, 9.17) is 0 Å². The third-order valence-electron chi connectivity index (χ3n) is 1.73. The largest absolute Gasteiger partial charge is 0.332 e. The van der Waals surface area contributed by atoms with Gasteiger partial charge in [-0.2, -0.15) is 0 Å². The maximum atomic E-state index is 4.12. The van der Waals surface area contributed by atoms with Crippen molar-refractivity contribution in [1.82, 2.24) is 4.98 Å². The quantitative estimate of drug-likeness (QED) is 0.761. The van der Waals surface area contributed by atoms with Gasteiger partial charge >= 0.3 is 0 Å². The van der Waals surface area contributed by atoms with E-state index in [1.54, 1.807) is 23.6 Å². The van der Waals surface area contributed by atoms with Crippen LogP contribution in [-0.4, -0.2) is 4.98 Å². The normalized spacial score (nSPS) is 11.7. The van der Waals surface area contributed by atoms with Crippen molar-refractivity contribution in [1.29, 1.82) is 0 Å². The topological polar surface area (TPSA) is 24.9 Å². The van der Waals surface area contributed by atoms with E-state index in [0.717, 1.165) is 16.4 Å². The average Bonchev–Trinajstić information content (AvgIpc) is 2.71. The minimum Gasteiger partial charge on any atom is -0.332 e. The molecular weight excluding hydrogens is 204 g/mol. The number of nitrogens with one attached hydrogen (secondary N) is 1. The van der Waals surface area contributed by atoms with E-state index in [0.29, 0.717) is 0 Å². The van der Waals surface area contributed by atoms with Gasteiger partial charge in [0.05, 0.1) is 0 Å². The van der Waals surface area contributed by atoms with Gasteiger partial charge < -0.3 is 5.32 Å². The van der Waals surface area contributed by atoms with Crippen molar-refractivity contribution in [2.75, 3.05) is 5.32 Å². The summed E-state index contributed by atoms with van der Waals surface area (Å²) in [4.78, 5) is 4.12. The molecule has 1 aromatic heterocycles. The molecule has 0 unspecified atom stereocenters. The van der Waals surface area contributed by atoms with Gasteiger partial charge in [0.25, 0.3) is 0 Å². The van der Waals surface area contributed by atoms with Crippen LogP contribution in [0.5, 0.6) is 0 Å². The summed E-state index contributed by atoms with van der Waals surface area (Å²) in [6.07, 6.45) is 9.38. The van der Waals surface area contributed by atoms with Crippen LogP contribution >= 0.6 is 11.3 Å². The van der Waals surface area contributed by atoms with Crippen molar-refractivity contribution >= 4 is 16.5 Å². The number of hydrogen-bond acceptors (Lipinski definition) is 3. The highest BCUT2D eigenvalue weighted by molar-refractivity contribution is 7.13. The van der Waals surface area contributed by atoms with Gasteiger partial charge in [-0.15, -0.1) is 11.3 Å². The molecule has 0 radical (unpaired) electrons. The van der Waals surface area contributed by atoms with Crippen molar-refractivity contribution in [3.63, 3.8) is 0 Å². The van der Waals surface area contributed by atoms with Gasteiger partial charge in [0.2, 0.25) is 0 Å². The van der Waals surface area contributed by atoms with E-state index < -0.39 is 0 Å². The second-order valence-corrected chi connectivity index (χ2v) is 3.69. The van der Waals surface area contributed by atoms with Crippen LogP contribution in [0.2, 0.25) is 0 Å². The molecular formula is C12H14N2S. The second-order valence-electron chi connectivity index (χ2n) is 2.79. The lowest BCUT2D eigenvalue weighted by molar-refractivity contribution is 1.34. The fraction of sp³-hybridized carbons (Fsp3) is 0.0833. The van der Waals surface area contributed by atoms with E-state index in [-0.39, 0.29) is 0 Å². The maximum absolute atomic E-state index is 4.12. The fourth-order valence-corrected chi connectivity index (χ4v) is 1.53. The lowest BCUT2D eigenvalue weighted by Gasteiger charge is -2.06. The number of nitrogens with zero attached hydrogens (tertiary/aromatic N) is 1. The molecule has 15 heavy (non-hydrogen) atoms. The summed E-state index contributed by atoms with van der Waals surface area (Å²) in [5.74, 6) is 0. The fourth-order valence-electron chi connectivity index (χ4n) is 0.978. The first-order valence-corrected chi connectivity index (χ1v) is 5.47. The van der Waals surface area contributed by atoms with Crippen molar-refractivity contribution in [3.05, 3.63) is 60.3 Å². The highest BCUT2D eigenvalue weighted by Crippen LogP contribution is 2.17. The van der Waals surface area contributed by atoms with Gasteiger partial charge in [-0.3, -0.25) is 0 Å². The molecule has 2 nitrogen and oxygen atoms in total. The summed E-state index contributed by atoms with van der Waals surface area (Å²) < 4.78 is 0. The summed E-state index contributed by atoms with van der Waals surface area (Å²) >= 11 is 1.54. The lowest BCUT2D eigenvalue weighted by Crippen LogP contribution is -1.98. The summed E-state index contributed by atoms with van der Waals surface area (Å²) in [7, 11) is 0. The zero-order chi connectivity index (χ0) is 11.1. The molecule has 1 N–H and O–H groups in total. The molecule has 0 saturated heterocycles. The molecule has 0 fully saturated rings. The summed E-state index contributed by atoms with van der Waals surface area (Å²) in [5, 5.41) is 5.88. The van der Waals surface area contributed by atoms with Gasteiger partial charge in [0.1, 0.15) is 0 Å². The molecule has 1 aromatic rings. The first-order valence-electron chi connectivity index (χ1n) is 4.59. The van der Waals surface area contributed by atoms with Crippen LogP contribution < -0.4 is 5.32 Å². The molecule has 1 heterocycles. The predicted molar refractivity (Wildman–Crippen MR) is 68.0 cm³/mol. The number of allylic oxidation sites excluding steroid dienone is 4. The zero-order valence-corrected chi connectivity index (χ0v) is 9.55. The predicted octanol–water partition coefficient (Wildman–Crippen LogP) is 3.76. The Labute approximate surface area is 94.4 Å². The third-order valence-corrected chi connectivity index (χ3v) is 2.42. The van der Waals surface area contributed by atoms with Gasteiger partial charge in [0, 0.05) is 17.3 Å². The SMILES string of the molecule is C=C/C(=C\C=C/C)C(=C)Nc1nccs1. The molecule has 0 amide bonds. The first-order chi connectivity index (χ1) is 7.27. The first kappa shape index (κ1) is 11.5. The minimum absolute atomic E-state index is 0.804. The maximum Gasteiger partial charge on any atom is 0.187 e. The standard InChI is InChI=1S/C12H14N2S/c1-4-6-7-11(5-2)10(3)14-12-13-8-9-15-12/h4-9H,2-3H2,1H3,(H,13,14)/b6-4-,11-7+. The Morgan fingerprint density at radius 3 is 2.93 bits per heavy atom. The summed E-state index contributed by atoms with van der Waals surface area (Å²) in [5.41, 5.74) is 1.77. The third kappa shape index (κ3) is 3.56. The smallest absolute Gasteiger partial charge is 0.187 e. The Kier molecular flexibility index (Phi) is 4.57. The Bertz CT molecular complexity index is 386. The van der Waals surface area contributed by atoms with E-state index in [9.17, 15) is 0 Å². The van der Waals surface area contributed by atoms with Crippen LogP contribution in [0.15, 0.2) is 60.3 Å². The lowest BCUT2D eigenvalue weighted by atomic mass is 10.2. The number of aromatic nitrogens is 1. The minimum atomic E-state index is 0.804. The van der Waals surface area contributed by atoms with Crippen molar-refractivity contribution in [2.24, 2.45) is 0 Å². The monoisotopic (exact) mass is 218 g/mol. The Morgan fingerprint density at radius 2 is 2.40 bits per heavy atom. The van der Waals surface area contributed by atoms with Gasteiger partial charge in [-0.25, -0.2) is 4.98 Å². The van der Waals surface area contributed by atoms with Crippen LogP contribution in [0.4, 0.5) is 5.13 Å². The molecule has 1 rings (SSSR count). The molecule has 0 saturated carbocycles. The Balaban J connectivity index is 2.70. The molecule has 0 bridgehead atoms. The van der Waals surface area contributed by atoms with E-state index in [1.807, 2.05) is 30.5 Å². The zero-order valence-electron chi connectivity index (χ0n) is 8.73. The highest BCUT2D eigenvalue weighted by Gasteiger charge is 1.99. The van der Waals surface area contributed by atoms with E-state index >= 15 is 0 Å². The van der Waals surface area contributed by atoms with Crippen LogP contribution in [0.25, 0.3) is 0 Å². The molecule has 0 atom stereocenters. The number of anilines is 1. The molecule has 0 spiro atoms. The average molecular weight is 218 g/mol. The van der Waals surface area contributed by atoms with Gasteiger partial charge in [0.15, 0.2) is 5.13 Å². The summed E-state index contributed by atoms with van der Waals surface area (Å²) in [6.45, 7) is 9.65. The van der Waals surface area contributed by atoms with E-state index in [1.165, 1.54) is 0 Å². The molecule has 0 aliphatic rings. The molecule has 78 valence electrons. The molecule has 0 aliphatic carbocycles. The van der Waals surface area contributed by atoms with Crippen LogP contribution in [0.3, 0.4) is 0 Å². The van der Waals surface area contributed by atoms with Gasteiger partial charge in [-0.05, 0) is 12.5 Å². The second kappa shape index (κ2) is 5.98. The Hall–Kier alpha value is -1.61. The van der Waals surface area contributed by atoms with E-state index in [2.05, 4.69) is 23.5 Å². The van der Waals surface area contributed by atoms with Crippen LogP contribution in [-0.2, 0) is 0 Å². The summed E-state index contributed by atoms with van der Waals surface area (Å²) in [6, 6.07) is 0. The molecule has 0 aliphatic heterocycles. The van der Waals surface area contributed by atoms with Gasteiger partial charge in [-0.1, -0.05) is 37.5 Å². The number of hydrogen-bond donors (Lipinski definition) is 1. The van der Waals surface area contributed by atoms with Crippen molar-refractivity contribution < 1.29 is 0 Å². The number of thiazole rings is 1. The highest BCUT2D eigenvalue weighted by atomic mass is 32.1.